The zero-order valence-corrected chi connectivity index (χ0v) is 21.3. The van der Waals surface area contributed by atoms with E-state index in [4.69, 9.17) is 4.74 Å². The van der Waals surface area contributed by atoms with Crippen LogP contribution in [0.1, 0.15) is 56.7 Å². The van der Waals surface area contributed by atoms with Gasteiger partial charge in [-0.2, -0.15) is 0 Å². The number of allylic oxidation sites excluding steroid dienone is 3. The van der Waals surface area contributed by atoms with Gasteiger partial charge in [-0.1, -0.05) is 73.3 Å². The summed E-state index contributed by atoms with van der Waals surface area (Å²) in [4.78, 5) is 11.8. The lowest BCUT2D eigenvalue weighted by Crippen LogP contribution is -2.31. The molecule has 2 N–H and O–H groups in total. The highest BCUT2D eigenvalue weighted by molar-refractivity contribution is 5.92. The zero-order chi connectivity index (χ0) is 25.7. The molecule has 0 fully saturated rings. The number of aliphatic carboxylic acids is 1. The predicted molar refractivity (Wildman–Crippen MR) is 147 cm³/mol. The summed E-state index contributed by atoms with van der Waals surface area (Å²) >= 11 is 0. The van der Waals surface area contributed by atoms with Crippen molar-refractivity contribution in [1.82, 2.24) is 5.32 Å². The van der Waals surface area contributed by atoms with Gasteiger partial charge < -0.3 is 15.2 Å². The standard InChI is InChI=1S/C32H35NO3/c1-5-21(2)30(32(34)35)19-22(3)29-20-25(36-31-16-9-8-14-28(29)31)17-18-33-23(4)26-15-10-12-24-11-6-7-13-27(24)26/h5-16,19,23,25,29,33H,3,17-18,20H2,1-2,4H3,(H,34,35)/b21-5-,30-19+/t23-,25+,29+/m1/s1. The van der Waals surface area contributed by atoms with Gasteiger partial charge in [0.05, 0.1) is 5.57 Å². The zero-order valence-electron chi connectivity index (χ0n) is 21.3. The van der Waals surface area contributed by atoms with E-state index in [1.807, 2.05) is 38.1 Å². The van der Waals surface area contributed by atoms with E-state index in [1.54, 1.807) is 6.08 Å². The quantitative estimate of drug-likeness (QED) is 0.248. The van der Waals surface area contributed by atoms with Crippen LogP contribution < -0.4 is 10.1 Å². The molecule has 0 unspecified atom stereocenters. The van der Waals surface area contributed by atoms with E-state index < -0.39 is 5.97 Å². The molecule has 3 aromatic carbocycles. The van der Waals surface area contributed by atoms with Crippen LogP contribution in [0.5, 0.6) is 5.75 Å². The number of carbonyl (C=O) groups is 1. The van der Waals surface area contributed by atoms with Crippen molar-refractivity contribution in [3.8, 4) is 5.75 Å². The van der Waals surface area contributed by atoms with E-state index in [0.29, 0.717) is 0 Å². The van der Waals surface area contributed by atoms with Crippen LogP contribution in [0, 0.1) is 0 Å². The summed E-state index contributed by atoms with van der Waals surface area (Å²) in [7, 11) is 0. The summed E-state index contributed by atoms with van der Waals surface area (Å²) in [5.41, 5.74) is 4.17. The van der Waals surface area contributed by atoms with Gasteiger partial charge in [0.25, 0.3) is 0 Å². The summed E-state index contributed by atoms with van der Waals surface area (Å²) < 4.78 is 6.36. The van der Waals surface area contributed by atoms with Crippen LogP contribution in [0.3, 0.4) is 0 Å². The maximum absolute atomic E-state index is 11.8. The van der Waals surface area contributed by atoms with Gasteiger partial charge in [-0.25, -0.2) is 4.79 Å². The molecule has 4 rings (SSSR count). The van der Waals surface area contributed by atoms with Crippen molar-refractivity contribution in [2.45, 2.75) is 51.7 Å². The minimum Gasteiger partial charge on any atom is -0.490 e. The van der Waals surface area contributed by atoms with E-state index in [-0.39, 0.29) is 23.6 Å². The average molecular weight is 482 g/mol. The second-order valence-electron chi connectivity index (χ2n) is 9.51. The Hall–Kier alpha value is -3.63. The fourth-order valence-corrected chi connectivity index (χ4v) is 5.01. The molecule has 3 aromatic rings. The van der Waals surface area contributed by atoms with Crippen LogP contribution >= 0.6 is 0 Å². The molecular formula is C32H35NO3. The lowest BCUT2D eigenvalue weighted by Gasteiger charge is -2.33. The number of nitrogens with one attached hydrogen (secondary N) is 1. The fourth-order valence-electron chi connectivity index (χ4n) is 5.01. The molecule has 0 bridgehead atoms. The first-order valence-electron chi connectivity index (χ1n) is 12.6. The molecule has 1 aliphatic rings. The maximum Gasteiger partial charge on any atom is 0.335 e. The highest BCUT2D eigenvalue weighted by Crippen LogP contribution is 2.41. The van der Waals surface area contributed by atoms with Gasteiger partial charge in [-0.3, -0.25) is 0 Å². The smallest absolute Gasteiger partial charge is 0.335 e. The molecule has 4 heteroatoms. The molecule has 186 valence electrons. The molecule has 0 radical (unpaired) electrons. The fraction of sp³-hybridized carbons (Fsp3) is 0.281. The number of carboxylic acid groups (broad SMARTS) is 1. The number of hydrogen-bond donors (Lipinski definition) is 2. The van der Waals surface area contributed by atoms with Crippen molar-refractivity contribution < 1.29 is 14.6 Å². The molecular weight excluding hydrogens is 446 g/mol. The second kappa shape index (κ2) is 11.4. The van der Waals surface area contributed by atoms with Crippen LogP contribution in [-0.4, -0.2) is 23.7 Å². The predicted octanol–water partition coefficient (Wildman–Crippen LogP) is 7.35. The SMILES string of the molecule is C=C(/C=C(C(=O)O)\C(C)=C/C)[C@@H]1C[C@H](CCN[C@H](C)c2cccc3ccccc23)Oc2ccccc21. The van der Waals surface area contributed by atoms with Gasteiger partial charge in [0, 0.05) is 17.5 Å². The summed E-state index contributed by atoms with van der Waals surface area (Å²) in [6, 6.07) is 23.2. The van der Waals surface area contributed by atoms with Gasteiger partial charge in [0.15, 0.2) is 0 Å². The molecule has 36 heavy (non-hydrogen) atoms. The molecule has 0 amide bonds. The van der Waals surface area contributed by atoms with Gasteiger partial charge in [0.1, 0.15) is 11.9 Å². The normalized spacial score (nSPS) is 18.9. The van der Waals surface area contributed by atoms with Gasteiger partial charge in [-0.15, -0.1) is 0 Å². The van der Waals surface area contributed by atoms with E-state index >= 15 is 0 Å². The molecule has 1 aliphatic heterocycles. The Morgan fingerprint density at radius 2 is 1.86 bits per heavy atom. The number of benzene rings is 3. The van der Waals surface area contributed by atoms with E-state index in [1.165, 1.54) is 16.3 Å². The third-order valence-electron chi connectivity index (χ3n) is 7.16. The Morgan fingerprint density at radius 3 is 2.64 bits per heavy atom. The number of fused-ring (bicyclic) bond motifs is 2. The van der Waals surface area contributed by atoms with Crippen LogP contribution in [0.15, 0.2) is 102 Å². The minimum atomic E-state index is -0.935. The minimum absolute atomic E-state index is 0.00875. The topological polar surface area (TPSA) is 58.6 Å². The second-order valence-corrected chi connectivity index (χ2v) is 9.51. The van der Waals surface area contributed by atoms with Crippen LogP contribution in [0.4, 0.5) is 0 Å². The average Bonchev–Trinajstić information content (AvgIpc) is 2.90. The largest absolute Gasteiger partial charge is 0.490 e. The molecule has 0 saturated carbocycles. The van der Waals surface area contributed by atoms with Gasteiger partial charge >= 0.3 is 5.97 Å². The van der Waals surface area contributed by atoms with Crippen molar-refractivity contribution in [3.05, 3.63) is 113 Å². The summed E-state index contributed by atoms with van der Waals surface area (Å²) in [6.45, 7) is 11.0. The molecule has 1 heterocycles. The highest BCUT2D eigenvalue weighted by Gasteiger charge is 2.29. The number of ether oxygens (including phenoxy) is 1. The number of rotatable bonds is 9. The first-order chi connectivity index (χ1) is 17.4. The first kappa shape index (κ1) is 25.5. The first-order valence-corrected chi connectivity index (χ1v) is 12.6. The molecule has 0 spiro atoms. The number of para-hydroxylation sites is 1. The molecule has 0 aromatic heterocycles. The van der Waals surface area contributed by atoms with Crippen LogP contribution in [-0.2, 0) is 4.79 Å². The molecule has 0 aliphatic carbocycles. The van der Waals surface area contributed by atoms with Crippen molar-refractivity contribution in [2.75, 3.05) is 6.54 Å². The Kier molecular flexibility index (Phi) is 8.07. The Bertz CT molecular complexity index is 1310. The van der Waals surface area contributed by atoms with Crippen molar-refractivity contribution in [3.63, 3.8) is 0 Å². The van der Waals surface area contributed by atoms with E-state index in [0.717, 1.165) is 41.8 Å². The van der Waals surface area contributed by atoms with Crippen molar-refractivity contribution in [2.24, 2.45) is 0 Å². The summed E-state index contributed by atoms with van der Waals surface area (Å²) in [5.74, 6) is -0.0697. The Labute approximate surface area is 214 Å². The Morgan fingerprint density at radius 1 is 1.14 bits per heavy atom. The lowest BCUT2D eigenvalue weighted by molar-refractivity contribution is -0.132. The molecule has 3 atom stereocenters. The third kappa shape index (κ3) is 5.60. The Balaban J connectivity index is 1.47. The van der Waals surface area contributed by atoms with Gasteiger partial charge in [0.2, 0.25) is 0 Å². The van der Waals surface area contributed by atoms with Gasteiger partial charge in [-0.05, 0) is 79.8 Å². The van der Waals surface area contributed by atoms with Crippen molar-refractivity contribution >= 4 is 16.7 Å². The highest BCUT2D eigenvalue weighted by atomic mass is 16.5. The van der Waals surface area contributed by atoms with E-state index in [9.17, 15) is 9.90 Å². The van der Waals surface area contributed by atoms with Crippen LogP contribution in [0.2, 0.25) is 0 Å². The number of carboxylic acids is 1. The molecule has 0 saturated heterocycles. The maximum atomic E-state index is 11.8. The van der Waals surface area contributed by atoms with Crippen LogP contribution in [0.25, 0.3) is 10.8 Å². The lowest BCUT2D eigenvalue weighted by atomic mass is 9.82. The summed E-state index contributed by atoms with van der Waals surface area (Å²) in [5, 5.41) is 15.9. The monoisotopic (exact) mass is 481 g/mol. The van der Waals surface area contributed by atoms with E-state index in [2.05, 4.69) is 67.4 Å². The number of hydrogen-bond acceptors (Lipinski definition) is 3. The molecule has 4 nitrogen and oxygen atoms in total. The third-order valence-corrected chi connectivity index (χ3v) is 7.16. The summed E-state index contributed by atoms with van der Waals surface area (Å²) in [6.07, 6.45) is 5.16. The van der Waals surface area contributed by atoms with Crippen molar-refractivity contribution in [1.29, 1.82) is 0 Å².